The van der Waals surface area contributed by atoms with Crippen molar-refractivity contribution in [3.63, 3.8) is 0 Å². The van der Waals surface area contributed by atoms with E-state index >= 15 is 0 Å². The van der Waals surface area contributed by atoms with Crippen LogP contribution in [-0.4, -0.2) is 9.55 Å². The van der Waals surface area contributed by atoms with Gasteiger partial charge >= 0.3 is 0 Å². The Bertz CT molecular complexity index is 2780. The van der Waals surface area contributed by atoms with Crippen molar-refractivity contribution in [3.05, 3.63) is 188 Å². The Balaban J connectivity index is 1.31. The van der Waals surface area contributed by atoms with Crippen LogP contribution in [0.5, 0.6) is 0 Å². The molecule has 0 atom stereocenters. The molecule has 0 saturated heterocycles. The minimum atomic E-state index is 1.10. The van der Waals surface area contributed by atoms with Gasteiger partial charge < -0.3 is 10.3 Å². The number of allylic oxidation sites excluding steroid dienone is 3. The molecule has 9 aromatic rings. The van der Waals surface area contributed by atoms with E-state index in [1.54, 1.807) is 6.20 Å². The summed E-state index contributed by atoms with van der Waals surface area (Å²) in [7, 11) is 0. The summed E-state index contributed by atoms with van der Waals surface area (Å²) < 4.78 is 2.48. The van der Waals surface area contributed by atoms with Crippen LogP contribution in [0.2, 0.25) is 0 Å². The Morgan fingerprint density at radius 1 is 0.549 bits per heavy atom. The predicted octanol–water partition coefficient (Wildman–Crippen LogP) is 12.4. The zero-order valence-corrected chi connectivity index (χ0v) is 28.3. The Morgan fingerprint density at radius 3 is 1.92 bits per heavy atom. The molecule has 0 amide bonds. The minimum absolute atomic E-state index is 1.10. The number of rotatable bonds is 6. The highest BCUT2D eigenvalue weighted by atomic mass is 15.0. The van der Waals surface area contributed by atoms with E-state index in [9.17, 15) is 0 Å². The number of hydrogen-bond donors (Lipinski definition) is 1. The number of benzene rings is 7. The van der Waals surface area contributed by atoms with Crippen LogP contribution in [0.15, 0.2) is 182 Å². The lowest BCUT2D eigenvalue weighted by atomic mass is 9.93. The van der Waals surface area contributed by atoms with Crippen LogP contribution in [0.25, 0.3) is 88.0 Å². The third kappa shape index (κ3) is 5.19. The first-order valence-electron chi connectivity index (χ1n) is 17.4. The largest absolute Gasteiger partial charge is 0.405 e. The van der Waals surface area contributed by atoms with Gasteiger partial charge in [0.05, 0.1) is 16.7 Å². The molecule has 0 bridgehead atoms. The molecule has 0 aliphatic carbocycles. The lowest BCUT2D eigenvalue weighted by Gasteiger charge is -2.14. The van der Waals surface area contributed by atoms with Gasteiger partial charge in [0.1, 0.15) is 0 Å². The maximum Gasteiger partial charge on any atom is 0.0553 e. The fraction of sp³-hybridized carbons (Fsp3) is 0.0208. The van der Waals surface area contributed by atoms with Crippen LogP contribution < -0.4 is 5.73 Å². The Kier molecular flexibility index (Phi) is 7.52. The van der Waals surface area contributed by atoms with E-state index in [1.165, 1.54) is 76.9 Å². The number of hydrogen-bond acceptors (Lipinski definition) is 2. The van der Waals surface area contributed by atoms with Gasteiger partial charge in [-0.05, 0) is 110 Å². The van der Waals surface area contributed by atoms with E-state index in [2.05, 4.69) is 167 Å². The van der Waals surface area contributed by atoms with E-state index in [4.69, 9.17) is 5.73 Å². The Labute approximate surface area is 297 Å². The first-order chi connectivity index (χ1) is 25.2. The van der Waals surface area contributed by atoms with Gasteiger partial charge in [0, 0.05) is 28.6 Å². The zero-order valence-electron chi connectivity index (χ0n) is 28.3. The SMILES string of the molecule is C/C=C(\C=C/N)c1ccc(-c2cc3c(c4ccccc24)c2ccc(-c4ccc(-c5ccncc5)cc4)cc2n3-c2cccc3ccccc23)cc1. The molecule has 2 aromatic heterocycles. The average Bonchev–Trinajstić information content (AvgIpc) is 3.53. The van der Waals surface area contributed by atoms with Crippen LogP contribution in [0.3, 0.4) is 0 Å². The van der Waals surface area contributed by atoms with E-state index in [1.807, 2.05) is 25.4 Å². The summed E-state index contributed by atoms with van der Waals surface area (Å²) in [4.78, 5) is 4.19. The summed E-state index contributed by atoms with van der Waals surface area (Å²) in [6.45, 7) is 2.04. The van der Waals surface area contributed by atoms with Crippen molar-refractivity contribution in [2.75, 3.05) is 0 Å². The van der Waals surface area contributed by atoms with Crippen molar-refractivity contribution in [1.82, 2.24) is 9.55 Å². The summed E-state index contributed by atoms with van der Waals surface area (Å²) in [5.41, 5.74) is 18.6. The molecule has 0 aliphatic heterocycles. The molecule has 0 unspecified atom stereocenters. The monoisotopic (exact) mass is 653 g/mol. The molecule has 2 N–H and O–H groups in total. The molecule has 51 heavy (non-hydrogen) atoms. The highest BCUT2D eigenvalue weighted by Gasteiger charge is 2.20. The van der Waals surface area contributed by atoms with Crippen LogP contribution in [0, 0.1) is 0 Å². The second-order valence-corrected chi connectivity index (χ2v) is 12.9. The molecular weight excluding hydrogens is 619 g/mol. The zero-order chi connectivity index (χ0) is 34.3. The standard InChI is InChI=1S/C48H35N3/c1-2-32(24-27-49)33-18-20-38(21-19-33)44-31-47-48(42-12-6-5-11-41(42)44)43-23-22-39(35-16-14-34(15-17-35)36-25-28-50-29-26-36)30-46(43)51(47)45-13-7-9-37-8-3-4-10-40(37)45/h2-31H,49H2,1H3/b27-24-,32-2+. The van der Waals surface area contributed by atoms with Gasteiger partial charge in [0.2, 0.25) is 0 Å². The van der Waals surface area contributed by atoms with Crippen molar-refractivity contribution >= 4 is 48.9 Å². The molecular formula is C48H35N3. The Hall–Kier alpha value is -6.71. The molecule has 0 aliphatic rings. The molecule has 0 spiro atoms. The van der Waals surface area contributed by atoms with E-state index in [0.717, 1.165) is 16.7 Å². The summed E-state index contributed by atoms with van der Waals surface area (Å²) >= 11 is 0. The number of aromatic nitrogens is 2. The maximum absolute atomic E-state index is 5.75. The number of nitrogens with zero attached hydrogens (tertiary/aromatic N) is 2. The van der Waals surface area contributed by atoms with Crippen molar-refractivity contribution < 1.29 is 0 Å². The molecule has 3 nitrogen and oxygen atoms in total. The Morgan fingerprint density at radius 2 is 1.18 bits per heavy atom. The summed E-state index contributed by atoms with van der Waals surface area (Å²) in [6.07, 6.45) is 9.32. The first-order valence-corrected chi connectivity index (χ1v) is 17.4. The third-order valence-corrected chi connectivity index (χ3v) is 10.1. The fourth-order valence-corrected chi connectivity index (χ4v) is 7.66. The van der Waals surface area contributed by atoms with Gasteiger partial charge in [0.15, 0.2) is 0 Å². The van der Waals surface area contributed by atoms with Crippen molar-refractivity contribution in [2.24, 2.45) is 5.73 Å². The number of nitrogens with two attached hydrogens (primary N) is 1. The first kappa shape index (κ1) is 30.4. The van der Waals surface area contributed by atoms with Gasteiger partial charge in [-0.25, -0.2) is 0 Å². The molecule has 242 valence electrons. The maximum atomic E-state index is 5.75. The molecule has 0 saturated carbocycles. The molecule has 0 radical (unpaired) electrons. The van der Waals surface area contributed by atoms with Crippen LogP contribution in [0.4, 0.5) is 0 Å². The molecule has 0 fully saturated rings. The highest BCUT2D eigenvalue weighted by molar-refractivity contribution is 6.25. The van der Waals surface area contributed by atoms with E-state index in [-0.39, 0.29) is 0 Å². The quantitative estimate of drug-likeness (QED) is 0.182. The topological polar surface area (TPSA) is 43.8 Å². The molecule has 2 heterocycles. The van der Waals surface area contributed by atoms with Crippen molar-refractivity contribution in [2.45, 2.75) is 6.92 Å². The number of pyridine rings is 1. The van der Waals surface area contributed by atoms with Crippen LogP contribution in [0.1, 0.15) is 12.5 Å². The third-order valence-electron chi connectivity index (χ3n) is 10.1. The van der Waals surface area contributed by atoms with E-state index in [0.29, 0.717) is 0 Å². The van der Waals surface area contributed by atoms with Crippen LogP contribution in [-0.2, 0) is 0 Å². The van der Waals surface area contributed by atoms with Gasteiger partial charge in [0.25, 0.3) is 0 Å². The van der Waals surface area contributed by atoms with Crippen molar-refractivity contribution in [3.8, 4) is 39.1 Å². The number of fused-ring (bicyclic) bond motifs is 6. The van der Waals surface area contributed by atoms with Gasteiger partial charge in [-0.1, -0.05) is 127 Å². The minimum Gasteiger partial charge on any atom is -0.405 e. The smallest absolute Gasteiger partial charge is 0.0553 e. The molecule has 3 heteroatoms. The second kappa shape index (κ2) is 12.6. The van der Waals surface area contributed by atoms with Crippen molar-refractivity contribution in [1.29, 1.82) is 0 Å². The lowest BCUT2D eigenvalue weighted by Crippen LogP contribution is -1.96. The van der Waals surface area contributed by atoms with Gasteiger partial charge in [-0.2, -0.15) is 0 Å². The summed E-state index contributed by atoms with van der Waals surface area (Å²) in [5, 5.41) is 7.41. The highest BCUT2D eigenvalue weighted by Crippen LogP contribution is 2.43. The fourth-order valence-electron chi connectivity index (χ4n) is 7.66. The summed E-state index contributed by atoms with van der Waals surface area (Å²) in [6, 6.07) is 55.3. The van der Waals surface area contributed by atoms with Gasteiger partial charge in [-0.15, -0.1) is 0 Å². The lowest BCUT2D eigenvalue weighted by molar-refractivity contribution is 1.20. The van der Waals surface area contributed by atoms with Gasteiger partial charge in [-0.3, -0.25) is 4.98 Å². The normalized spacial score (nSPS) is 12.1. The average molecular weight is 654 g/mol. The molecule has 9 rings (SSSR count). The predicted molar refractivity (Wildman–Crippen MR) is 217 cm³/mol. The molecule has 7 aromatic carbocycles. The van der Waals surface area contributed by atoms with E-state index < -0.39 is 0 Å². The summed E-state index contributed by atoms with van der Waals surface area (Å²) in [5.74, 6) is 0. The second-order valence-electron chi connectivity index (χ2n) is 12.9. The van der Waals surface area contributed by atoms with Crippen LogP contribution >= 0.6 is 0 Å².